The number of carbonyl (C=O) groups is 1. The van der Waals surface area contributed by atoms with Crippen molar-refractivity contribution in [3.05, 3.63) is 46.6 Å². The Bertz CT molecular complexity index is 752. The molecule has 0 fully saturated rings. The van der Waals surface area contributed by atoms with Gasteiger partial charge in [-0.15, -0.1) is 0 Å². The number of methoxy groups -OCH3 is 1. The van der Waals surface area contributed by atoms with Crippen molar-refractivity contribution in [2.45, 2.75) is 6.18 Å². The molecule has 0 amide bonds. The Labute approximate surface area is 131 Å². The summed E-state index contributed by atoms with van der Waals surface area (Å²) in [5.74, 6) is -3.25. The number of esters is 1. The largest absolute Gasteiger partial charge is 0.465 e. The van der Waals surface area contributed by atoms with Gasteiger partial charge in [0.05, 0.1) is 12.7 Å². The summed E-state index contributed by atoms with van der Waals surface area (Å²) in [6.07, 6.45) is -3.76. The van der Waals surface area contributed by atoms with Gasteiger partial charge in [0.15, 0.2) is 22.3 Å². The molecule has 0 saturated heterocycles. The van der Waals surface area contributed by atoms with Gasteiger partial charge in [0, 0.05) is 0 Å². The second-order valence-electron chi connectivity index (χ2n) is 4.08. The van der Waals surface area contributed by atoms with E-state index in [1.807, 2.05) is 0 Å². The van der Waals surface area contributed by atoms with Crippen molar-refractivity contribution in [1.82, 2.24) is 9.97 Å². The normalized spacial score (nSPS) is 11.2. The van der Waals surface area contributed by atoms with Crippen molar-refractivity contribution in [1.29, 1.82) is 0 Å². The Morgan fingerprint density at radius 2 is 1.96 bits per heavy atom. The maximum absolute atomic E-state index is 13.8. The van der Waals surface area contributed by atoms with Crippen LogP contribution >= 0.6 is 11.6 Å². The van der Waals surface area contributed by atoms with Crippen LogP contribution in [0.25, 0.3) is 0 Å². The van der Waals surface area contributed by atoms with Crippen LogP contribution in [0.2, 0.25) is 5.15 Å². The van der Waals surface area contributed by atoms with E-state index >= 15 is 0 Å². The number of carbonyl (C=O) groups excluding carboxylic acids is 1. The fourth-order valence-electron chi connectivity index (χ4n) is 1.56. The number of rotatable bonds is 3. The number of halogens is 5. The van der Waals surface area contributed by atoms with Crippen LogP contribution < -0.4 is 4.74 Å². The van der Waals surface area contributed by atoms with Crippen LogP contribution in [0.1, 0.15) is 15.9 Å². The highest BCUT2D eigenvalue weighted by atomic mass is 35.5. The molecule has 5 nitrogen and oxygen atoms in total. The van der Waals surface area contributed by atoms with E-state index in [1.165, 1.54) is 0 Å². The van der Waals surface area contributed by atoms with Crippen LogP contribution in [0.15, 0.2) is 24.5 Å². The van der Waals surface area contributed by atoms with Gasteiger partial charge in [-0.05, 0) is 18.2 Å². The first kappa shape index (κ1) is 16.9. The molecule has 2 aromatic rings. The van der Waals surface area contributed by atoms with Crippen molar-refractivity contribution in [2.75, 3.05) is 7.11 Å². The fourth-order valence-corrected chi connectivity index (χ4v) is 1.77. The van der Waals surface area contributed by atoms with Gasteiger partial charge in [0.25, 0.3) is 0 Å². The van der Waals surface area contributed by atoms with Gasteiger partial charge in [-0.1, -0.05) is 11.6 Å². The molecule has 0 saturated carbocycles. The minimum atomic E-state index is -4.70. The van der Waals surface area contributed by atoms with E-state index in [0.29, 0.717) is 6.07 Å². The molecule has 0 bridgehead atoms. The maximum Gasteiger partial charge on any atom is 0.416 e. The van der Waals surface area contributed by atoms with Crippen LogP contribution in [0.4, 0.5) is 17.6 Å². The van der Waals surface area contributed by atoms with E-state index in [-0.39, 0.29) is 16.8 Å². The van der Waals surface area contributed by atoms with Gasteiger partial charge in [-0.3, -0.25) is 0 Å². The smallest absolute Gasteiger partial charge is 0.416 e. The summed E-state index contributed by atoms with van der Waals surface area (Å²) in [5.41, 5.74) is -1.56. The minimum Gasteiger partial charge on any atom is -0.465 e. The summed E-state index contributed by atoms with van der Waals surface area (Å²) < 4.78 is 60.7. The first-order valence-electron chi connectivity index (χ1n) is 5.87. The van der Waals surface area contributed by atoms with Crippen LogP contribution in [0.5, 0.6) is 11.6 Å². The Kier molecular flexibility index (Phi) is 4.69. The van der Waals surface area contributed by atoms with Crippen molar-refractivity contribution in [2.24, 2.45) is 0 Å². The third-order valence-corrected chi connectivity index (χ3v) is 2.91. The molecule has 23 heavy (non-hydrogen) atoms. The van der Waals surface area contributed by atoms with Crippen molar-refractivity contribution >= 4 is 17.6 Å². The Morgan fingerprint density at radius 1 is 1.26 bits per heavy atom. The first-order valence-corrected chi connectivity index (χ1v) is 6.25. The lowest BCUT2D eigenvalue weighted by molar-refractivity contribution is -0.137. The second kappa shape index (κ2) is 6.37. The van der Waals surface area contributed by atoms with Gasteiger partial charge in [0.1, 0.15) is 6.33 Å². The van der Waals surface area contributed by atoms with Gasteiger partial charge in [-0.25, -0.2) is 19.2 Å². The molecule has 0 spiro atoms. The molecule has 1 aromatic carbocycles. The molecular formula is C13H7ClF4N2O3. The van der Waals surface area contributed by atoms with Gasteiger partial charge < -0.3 is 9.47 Å². The highest BCUT2D eigenvalue weighted by molar-refractivity contribution is 6.32. The predicted molar refractivity (Wildman–Crippen MR) is 69.9 cm³/mol. The first-order chi connectivity index (χ1) is 10.7. The molecule has 0 radical (unpaired) electrons. The molecule has 1 heterocycles. The summed E-state index contributed by atoms with van der Waals surface area (Å²) in [5, 5.41) is -0.311. The lowest BCUT2D eigenvalue weighted by Crippen LogP contribution is -2.08. The average Bonchev–Trinajstić information content (AvgIpc) is 2.47. The van der Waals surface area contributed by atoms with E-state index in [0.717, 1.165) is 19.5 Å². The number of hydrogen-bond acceptors (Lipinski definition) is 5. The molecule has 0 N–H and O–H groups in total. The van der Waals surface area contributed by atoms with E-state index in [1.54, 1.807) is 0 Å². The summed E-state index contributed by atoms with van der Waals surface area (Å²) in [6, 6.07) is 1.64. The molecule has 0 atom stereocenters. The van der Waals surface area contributed by atoms with E-state index in [2.05, 4.69) is 14.7 Å². The molecule has 0 unspecified atom stereocenters. The summed E-state index contributed by atoms with van der Waals surface area (Å²) in [6.45, 7) is 0. The zero-order valence-electron chi connectivity index (χ0n) is 11.3. The number of nitrogens with zero attached hydrogens (tertiary/aromatic N) is 2. The lowest BCUT2D eigenvalue weighted by atomic mass is 10.2. The zero-order valence-corrected chi connectivity index (χ0v) is 12.1. The van der Waals surface area contributed by atoms with Crippen molar-refractivity contribution in [3.63, 3.8) is 0 Å². The molecule has 0 aliphatic rings. The van der Waals surface area contributed by atoms with Gasteiger partial charge in [0.2, 0.25) is 5.88 Å². The monoisotopic (exact) mass is 350 g/mol. The molecule has 0 aliphatic heterocycles. The van der Waals surface area contributed by atoms with Crippen LogP contribution in [0, 0.1) is 5.82 Å². The fraction of sp³-hybridized carbons (Fsp3) is 0.154. The van der Waals surface area contributed by atoms with Crippen LogP contribution in [0.3, 0.4) is 0 Å². The number of benzene rings is 1. The highest BCUT2D eigenvalue weighted by Crippen LogP contribution is 2.34. The molecule has 2 rings (SSSR count). The third-order valence-electron chi connectivity index (χ3n) is 2.62. The van der Waals surface area contributed by atoms with Gasteiger partial charge in [-0.2, -0.15) is 13.2 Å². The van der Waals surface area contributed by atoms with Gasteiger partial charge >= 0.3 is 12.1 Å². The molecule has 0 aliphatic carbocycles. The van der Waals surface area contributed by atoms with E-state index in [4.69, 9.17) is 16.3 Å². The minimum absolute atomic E-state index is 0.260. The Balaban J connectivity index is 2.41. The predicted octanol–water partition coefficient (Wildman–Crippen LogP) is 3.87. The summed E-state index contributed by atoms with van der Waals surface area (Å²) in [4.78, 5) is 18.8. The number of ether oxygens (including phenoxy) is 2. The molecule has 10 heteroatoms. The quantitative estimate of drug-likeness (QED) is 0.478. The molecule has 1 aromatic heterocycles. The molecule has 122 valence electrons. The van der Waals surface area contributed by atoms with E-state index < -0.39 is 35.2 Å². The van der Waals surface area contributed by atoms with Crippen molar-refractivity contribution < 1.29 is 31.8 Å². The number of aromatic nitrogens is 2. The number of alkyl halides is 3. The van der Waals surface area contributed by atoms with Crippen molar-refractivity contribution in [3.8, 4) is 11.6 Å². The topological polar surface area (TPSA) is 61.3 Å². The molecular weight excluding hydrogens is 344 g/mol. The third kappa shape index (κ3) is 3.67. The average molecular weight is 351 g/mol. The highest BCUT2D eigenvalue weighted by Gasteiger charge is 2.31. The van der Waals surface area contributed by atoms with E-state index in [9.17, 15) is 22.4 Å². The SMILES string of the molecule is COC(=O)c1c(Cl)ncnc1Oc1ccc(C(F)(F)F)cc1F. The second-order valence-corrected chi connectivity index (χ2v) is 4.44. The van der Waals surface area contributed by atoms with Crippen LogP contribution in [-0.2, 0) is 10.9 Å². The summed E-state index contributed by atoms with van der Waals surface area (Å²) in [7, 11) is 1.06. The zero-order chi connectivity index (χ0) is 17.2. The standard InChI is InChI=1S/C13H7ClF4N2O3/c1-22-12(21)9-10(14)19-5-20-11(9)23-8-3-2-6(4-7(8)15)13(16,17)18/h2-5H,1H3. The Hall–Kier alpha value is -2.42. The Morgan fingerprint density at radius 3 is 2.52 bits per heavy atom. The summed E-state index contributed by atoms with van der Waals surface area (Å²) >= 11 is 5.72. The maximum atomic E-state index is 13.8. The van der Waals surface area contributed by atoms with Crippen LogP contribution in [-0.4, -0.2) is 23.0 Å². The number of hydrogen-bond donors (Lipinski definition) is 0. The lowest BCUT2D eigenvalue weighted by Gasteiger charge is -2.11.